The molecule has 0 radical (unpaired) electrons. The van der Waals surface area contributed by atoms with E-state index in [1.807, 2.05) is 30.3 Å². The highest BCUT2D eigenvalue weighted by atomic mass is 16.5. The Bertz CT molecular complexity index is 659. The van der Waals surface area contributed by atoms with Crippen LogP contribution in [-0.2, 0) is 14.3 Å². The summed E-state index contributed by atoms with van der Waals surface area (Å²) in [6, 6.07) is 9.25. The van der Waals surface area contributed by atoms with Crippen molar-refractivity contribution in [3.05, 3.63) is 36.2 Å². The minimum atomic E-state index is -0.310. The fourth-order valence-electron chi connectivity index (χ4n) is 2.70. The normalized spacial score (nSPS) is 17.9. The Labute approximate surface area is 140 Å². The van der Waals surface area contributed by atoms with Crippen LogP contribution in [0.5, 0.6) is 0 Å². The Balaban J connectivity index is 1.74. The second-order valence-corrected chi connectivity index (χ2v) is 5.60. The van der Waals surface area contributed by atoms with Crippen LogP contribution in [0.15, 0.2) is 34.9 Å². The molecule has 1 unspecified atom stereocenters. The molecule has 1 aliphatic heterocycles. The van der Waals surface area contributed by atoms with Crippen molar-refractivity contribution in [1.29, 1.82) is 0 Å². The van der Waals surface area contributed by atoms with E-state index < -0.39 is 0 Å². The average molecular weight is 331 g/mol. The predicted molar refractivity (Wildman–Crippen MR) is 86.1 cm³/mol. The largest absolute Gasteiger partial charge is 0.385 e. The van der Waals surface area contributed by atoms with Crippen molar-refractivity contribution in [1.82, 2.24) is 15.0 Å². The lowest BCUT2D eigenvalue weighted by atomic mass is 10.1. The molecule has 1 aromatic heterocycles. The second kappa shape index (κ2) is 8.03. The van der Waals surface area contributed by atoms with Gasteiger partial charge in [0.15, 0.2) is 5.82 Å². The fourth-order valence-corrected chi connectivity index (χ4v) is 2.70. The van der Waals surface area contributed by atoms with Crippen molar-refractivity contribution in [2.75, 3.05) is 33.5 Å². The van der Waals surface area contributed by atoms with Crippen LogP contribution in [-0.4, -0.2) is 54.4 Å². The zero-order valence-electron chi connectivity index (χ0n) is 13.7. The molecule has 7 heteroatoms. The first-order valence-corrected chi connectivity index (χ1v) is 8.05. The van der Waals surface area contributed by atoms with E-state index in [1.54, 1.807) is 12.0 Å². The third-order valence-electron chi connectivity index (χ3n) is 3.95. The van der Waals surface area contributed by atoms with Gasteiger partial charge in [0.25, 0.3) is 5.89 Å². The van der Waals surface area contributed by atoms with Gasteiger partial charge in [0, 0.05) is 32.2 Å². The number of carbonyl (C=O) groups is 1. The third-order valence-corrected chi connectivity index (χ3v) is 3.95. The number of benzene rings is 1. The molecule has 2 aromatic rings. The topological polar surface area (TPSA) is 77.7 Å². The number of hydrogen-bond acceptors (Lipinski definition) is 6. The molecule has 1 aromatic carbocycles. The summed E-state index contributed by atoms with van der Waals surface area (Å²) in [4.78, 5) is 18.7. The van der Waals surface area contributed by atoms with E-state index in [0.29, 0.717) is 50.9 Å². The van der Waals surface area contributed by atoms with Crippen molar-refractivity contribution in [2.45, 2.75) is 18.9 Å². The molecular weight excluding hydrogens is 310 g/mol. The van der Waals surface area contributed by atoms with Crippen LogP contribution < -0.4 is 0 Å². The summed E-state index contributed by atoms with van der Waals surface area (Å²) in [6.07, 6.45) is 1.13. The zero-order chi connectivity index (χ0) is 16.8. The molecule has 1 saturated heterocycles. The molecule has 2 heterocycles. The summed E-state index contributed by atoms with van der Waals surface area (Å²) < 4.78 is 15.9. The molecule has 24 heavy (non-hydrogen) atoms. The number of hydrogen-bond donors (Lipinski definition) is 0. The minimum Gasteiger partial charge on any atom is -0.385 e. The van der Waals surface area contributed by atoms with E-state index in [2.05, 4.69) is 10.1 Å². The summed E-state index contributed by atoms with van der Waals surface area (Å²) in [5.41, 5.74) is 0.853. The second-order valence-electron chi connectivity index (χ2n) is 5.60. The summed E-state index contributed by atoms with van der Waals surface area (Å²) >= 11 is 0. The number of aromatic nitrogens is 2. The predicted octanol–water partition coefficient (Wildman–Crippen LogP) is 2.06. The van der Waals surface area contributed by atoms with E-state index in [-0.39, 0.29) is 11.9 Å². The van der Waals surface area contributed by atoms with E-state index in [1.165, 1.54) is 0 Å². The van der Waals surface area contributed by atoms with E-state index in [9.17, 15) is 4.79 Å². The molecule has 0 spiro atoms. The summed E-state index contributed by atoms with van der Waals surface area (Å²) in [5.74, 6) is 0.989. The monoisotopic (exact) mass is 331 g/mol. The van der Waals surface area contributed by atoms with Gasteiger partial charge < -0.3 is 18.9 Å². The first kappa shape index (κ1) is 16.6. The molecule has 1 fully saturated rings. The van der Waals surface area contributed by atoms with Crippen molar-refractivity contribution >= 4 is 5.91 Å². The maximum Gasteiger partial charge on any atom is 0.257 e. The number of nitrogens with zero attached hydrogens (tertiary/aromatic N) is 3. The van der Waals surface area contributed by atoms with Gasteiger partial charge in [-0.3, -0.25) is 4.79 Å². The molecule has 1 atom stereocenters. The molecule has 0 N–H and O–H groups in total. The van der Waals surface area contributed by atoms with Gasteiger partial charge in [0.05, 0.1) is 13.2 Å². The molecule has 7 nitrogen and oxygen atoms in total. The van der Waals surface area contributed by atoms with Crippen LogP contribution in [0, 0.1) is 0 Å². The van der Waals surface area contributed by atoms with Crippen LogP contribution in [0.3, 0.4) is 0 Å². The van der Waals surface area contributed by atoms with E-state index in [0.717, 1.165) is 5.56 Å². The summed E-state index contributed by atoms with van der Waals surface area (Å²) in [7, 11) is 1.63. The van der Waals surface area contributed by atoms with Crippen molar-refractivity contribution in [3.8, 4) is 11.5 Å². The van der Waals surface area contributed by atoms with Gasteiger partial charge in [-0.2, -0.15) is 4.98 Å². The molecular formula is C17H21N3O4. The Morgan fingerprint density at radius 1 is 1.38 bits per heavy atom. The van der Waals surface area contributed by atoms with Gasteiger partial charge >= 0.3 is 0 Å². The maximum absolute atomic E-state index is 12.5. The first-order valence-electron chi connectivity index (χ1n) is 8.05. The minimum absolute atomic E-state index is 0.0615. The van der Waals surface area contributed by atoms with Crippen molar-refractivity contribution in [3.63, 3.8) is 0 Å². The number of morpholine rings is 1. The Morgan fingerprint density at radius 3 is 3.00 bits per heavy atom. The van der Waals surface area contributed by atoms with Gasteiger partial charge in [-0.05, 0) is 18.6 Å². The standard InChI is InChI=1S/C17H21N3O4/c1-22-10-5-8-15(21)20-9-11-23-12-14(20)16-18-17(24-19-16)13-6-3-2-4-7-13/h2-4,6-7,14H,5,8-12H2,1H3. The lowest BCUT2D eigenvalue weighted by molar-refractivity contribution is -0.140. The highest BCUT2D eigenvalue weighted by Gasteiger charge is 2.32. The smallest absolute Gasteiger partial charge is 0.257 e. The molecule has 1 amide bonds. The van der Waals surface area contributed by atoms with Crippen LogP contribution in [0.2, 0.25) is 0 Å². The Hall–Kier alpha value is -2.25. The Morgan fingerprint density at radius 2 is 2.21 bits per heavy atom. The lowest BCUT2D eigenvalue weighted by Gasteiger charge is -2.33. The Kier molecular flexibility index (Phi) is 5.55. The molecule has 0 bridgehead atoms. The molecule has 1 aliphatic rings. The average Bonchev–Trinajstić information content (AvgIpc) is 3.12. The quantitative estimate of drug-likeness (QED) is 0.754. The number of ether oxygens (including phenoxy) is 2. The van der Waals surface area contributed by atoms with Gasteiger partial charge in [-0.25, -0.2) is 0 Å². The van der Waals surface area contributed by atoms with E-state index >= 15 is 0 Å². The van der Waals surface area contributed by atoms with Crippen molar-refractivity contribution in [2.24, 2.45) is 0 Å². The molecule has 0 aliphatic carbocycles. The van der Waals surface area contributed by atoms with Crippen LogP contribution >= 0.6 is 0 Å². The number of carbonyl (C=O) groups excluding carboxylic acids is 1. The summed E-state index contributed by atoms with van der Waals surface area (Å²) in [5, 5.41) is 4.06. The fraction of sp³-hybridized carbons (Fsp3) is 0.471. The zero-order valence-corrected chi connectivity index (χ0v) is 13.7. The van der Waals surface area contributed by atoms with Crippen molar-refractivity contribution < 1.29 is 18.8 Å². The highest BCUT2D eigenvalue weighted by molar-refractivity contribution is 5.76. The molecule has 0 saturated carbocycles. The molecule has 128 valence electrons. The molecule has 3 rings (SSSR count). The summed E-state index contributed by atoms with van der Waals surface area (Å²) in [6.45, 7) is 2.01. The highest BCUT2D eigenvalue weighted by Crippen LogP contribution is 2.25. The lowest BCUT2D eigenvalue weighted by Crippen LogP contribution is -2.43. The van der Waals surface area contributed by atoms with Gasteiger partial charge in [-0.1, -0.05) is 23.4 Å². The van der Waals surface area contributed by atoms with Gasteiger partial charge in [-0.15, -0.1) is 0 Å². The van der Waals surface area contributed by atoms with Crippen LogP contribution in [0.1, 0.15) is 24.7 Å². The van der Waals surface area contributed by atoms with Gasteiger partial charge in [0.2, 0.25) is 5.91 Å². The van der Waals surface area contributed by atoms with Gasteiger partial charge in [0.1, 0.15) is 6.04 Å². The SMILES string of the molecule is COCCCC(=O)N1CCOCC1c1noc(-c2ccccc2)n1. The third kappa shape index (κ3) is 3.80. The van der Waals surface area contributed by atoms with E-state index in [4.69, 9.17) is 14.0 Å². The van der Waals surface area contributed by atoms with Crippen LogP contribution in [0.4, 0.5) is 0 Å². The number of methoxy groups -OCH3 is 1. The maximum atomic E-state index is 12.5. The first-order chi connectivity index (χ1) is 11.8. The number of amides is 1. The number of rotatable bonds is 6. The van der Waals surface area contributed by atoms with Crippen LogP contribution in [0.25, 0.3) is 11.5 Å².